The highest BCUT2D eigenvalue weighted by molar-refractivity contribution is 5.88. The van der Waals surface area contributed by atoms with E-state index in [2.05, 4.69) is 32.9 Å². The number of carbonyl (C=O) groups is 2. The molecule has 0 amide bonds. The maximum Gasteiger partial charge on any atom is 0.336 e. The van der Waals surface area contributed by atoms with Crippen LogP contribution in [0.1, 0.15) is 42.3 Å². The van der Waals surface area contributed by atoms with E-state index < -0.39 is 5.97 Å². The average molecular weight is 308 g/mol. The molecule has 0 atom stereocenters. The largest absolute Gasteiger partial charge is 0.423 e. The van der Waals surface area contributed by atoms with E-state index in [1.165, 1.54) is 11.6 Å². The monoisotopic (exact) mass is 308 g/mol. The smallest absolute Gasteiger partial charge is 0.336 e. The SMILES string of the molecule is CC(C)(C)c1ccc(C=CC(=O)Oc2ccc(C=O)cc2)cc1. The zero-order valence-corrected chi connectivity index (χ0v) is 13.6. The number of hydrogen-bond donors (Lipinski definition) is 0. The Bertz CT molecular complexity index is 702. The summed E-state index contributed by atoms with van der Waals surface area (Å²) in [4.78, 5) is 22.4. The van der Waals surface area contributed by atoms with Crippen LogP contribution >= 0.6 is 0 Å². The Morgan fingerprint density at radius 1 is 0.913 bits per heavy atom. The molecule has 2 aromatic carbocycles. The molecule has 2 rings (SSSR count). The molecule has 0 aromatic heterocycles. The molecule has 0 heterocycles. The summed E-state index contributed by atoms with van der Waals surface area (Å²) >= 11 is 0. The van der Waals surface area contributed by atoms with E-state index in [0.29, 0.717) is 11.3 Å². The quantitative estimate of drug-likeness (QED) is 0.363. The third kappa shape index (κ3) is 4.92. The van der Waals surface area contributed by atoms with Crippen molar-refractivity contribution in [2.45, 2.75) is 26.2 Å². The summed E-state index contributed by atoms with van der Waals surface area (Å²) in [6.45, 7) is 6.47. The van der Waals surface area contributed by atoms with Crippen molar-refractivity contribution < 1.29 is 14.3 Å². The van der Waals surface area contributed by atoms with Gasteiger partial charge in [-0.15, -0.1) is 0 Å². The lowest BCUT2D eigenvalue weighted by Crippen LogP contribution is -2.10. The van der Waals surface area contributed by atoms with Gasteiger partial charge >= 0.3 is 5.97 Å². The lowest BCUT2D eigenvalue weighted by molar-refractivity contribution is -0.128. The molecule has 0 saturated heterocycles. The fraction of sp³-hybridized carbons (Fsp3) is 0.200. The minimum absolute atomic E-state index is 0.106. The van der Waals surface area contributed by atoms with Crippen LogP contribution in [0.4, 0.5) is 0 Å². The summed E-state index contributed by atoms with van der Waals surface area (Å²) in [5.41, 5.74) is 2.83. The van der Waals surface area contributed by atoms with Crippen LogP contribution in [0.15, 0.2) is 54.6 Å². The van der Waals surface area contributed by atoms with E-state index in [1.807, 2.05) is 12.1 Å². The third-order valence-corrected chi connectivity index (χ3v) is 3.42. The molecule has 0 radical (unpaired) electrons. The van der Waals surface area contributed by atoms with Crippen LogP contribution in [0.2, 0.25) is 0 Å². The van der Waals surface area contributed by atoms with Gasteiger partial charge < -0.3 is 4.74 Å². The highest BCUT2D eigenvalue weighted by Gasteiger charge is 2.12. The van der Waals surface area contributed by atoms with Crippen molar-refractivity contribution >= 4 is 18.3 Å². The van der Waals surface area contributed by atoms with Crippen molar-refractivity contribution in [3.8, 4) is 5.75 Å². The summed E-state index contributed by atoms with van der Waals surface area (Å²) in [6, 6.07) is 14.5. The lowest BCUT2D eigenvalue weighted by Gasteiger charge is -2.18. The molecule has 0 spiro atoms. The molecule has 118 valence electrons. The van der Waals surface area contributed by atoms with E-state index >= 15 is 0 Å². The summed E-state index contributed by atoms with van der Waals surface area (Å²) in [5.74, 6) is -0.0444. The molecule has 0 aliphatic heterocycles. The highest BCUT2D eigenvalue weighted by Crippen LogP contribution is 2.22. The first-order valence-corrected chi connectivity index (χ1v) is 7.44. The molecular formula is C20H20O3. The first-order chi connectivity index (χ1) is 10.9. The van der Waals surface area contributed by atoms with Gasteiger partial charge in [0.25, 0.3) is 0 Å². The Morgan fingerprint density at radius 3 is 2.00 bits per heavy atom. The average Bonchev–Trinajstić information content (AvgIpc) is 2.53. The molecular weight excluding hydrogens is 288 g/mol. The summed E-state index contributed by atoms with van der Waals surface area (Å²) in [7, 11) is 0. The summed E-state index contributed by atoms with van der Waals surface area (Å²) in [5, 5.41) is 0. The molecule has 0 saturated carbocycles. The van der Waals surface area contributed by atoms with Gasteiger partial charge in [-0.1, -0.05) is 45.0 Å². The molecule has 23 heavy (non-hydrogen) atoms. The number of ether oxygens (including phenoxy) is 1. The molecule has 0 aliphatic rings. The van der Waals surface area contributed by atoms with E-state index in [9.17, 15) is 9.59 Å². The fourth-order valence-electron chi connectivity index (χ4n) is 2.02. The molecule has 0 unspecified atom stereocenters. The van der Waals surface area contributed by atoms with E-state index in [-0.39, 0.29) is 5.41 Å². The Balaban J connectivity index is 1.98. The Morgan fingerprint density at radius 2 is 1.48 bits per heavy atom. The Kier molecular flexibility index (Phi) is 5.12. The fourth-order valence-corrected chi connectivity index (χ4v) is 2.02. The summed E-state index contributed by atoms with van der Waals surface area (Å²) in [6.07, 6.45) is 3.85. The number of benzene rings is 2. The van der Waals surface area contributed by atoms with Crippen LogP contribution in [-0.2, 0) is 10.2 Å². The molecule has 3 heteroatoms. The van der Waals surface area contributed by atoms with Crippen molar-refractivity contribution in [1.82, 2.24) is 0 Å². The number of rotatable bonds is 4. The van der Waals surface area contributed by atoms with E-state index in [4.69, 9.17) is 4.74 Å². The van der Waals surface area contributed by atoms with Crippen LogP contribution in [0.3, 0.4) is 0 Å². The predicted molar refractivity (Wildman–Crippen MR) is 91.6 cm³/mol. The first-order valence-electron chi connectivity index (χ1n) is 7.44. The maximum absolute atomic E-state index is 11.8. The maximum atomic E-state index is 11.8. The van der Waals surface area contributed by atoms with Gasteiger partial charge in [-0.25, -0.2) is 4.79 Å². The summed E-state index contributed by atoms with van der Waals surface area (Å²) < 4.78 is 5.17. The molecule has 0 N–H and O–H groups in total. The minimum Gasteiger partial charge on any atom is -0.423 e. The predicted octanol–water partition coefficient (Wildman–Crippen LogP) is 4.42. The number of carbonyl (C=O) groups excluding carboxylic acids is 2. The molecule has 0 bridgehead atoms. The van der Waals surface area contributed by atoms with Crippen molar-refractivity contribution in [3.63, 3.8) is 0 Å². The van der Waals surface area contributed by atoms with Crippen LogP contribution in [0, 0.1) is 0 Å². The zero-order valence-electron chi connectivity index (χ0n) is 13.6. The van der Waals surface area contributed by atoms with Gasteiger partial charge in [0, 0.05) is 11.6 Å². The lowest BCUT2D eigenvalue weighted by atomic mass is 9.87. The van der Waals surface area contributed by atoms with Gasteiger partial charge in [-0.05, 0) is 46.9 Å². The van der Waals surface area contributed by atoms with Gasteiger partial charge in [-0.3, -0.25) is 4.79 Å². The second-order valence-electron chi connectivity index (χ2n) is 6.31. The standard InChI is InChI=1S/C20H20O3/c1-20(2,3)17-9-4-15(5-10-17)8-13-19(22)23-18-11-6-16(14-21)7-12-18/h4-14H,1-3H3. The van der Waals surface area contributed by atoms with Crippen LogP contribution < -0.4 is 4.74 Å². The van der Waals surface area contributed by atoms with Gasteiger partial charge in [-0.2, -0.15) is 0 Å². The number of hydrogen-bond acceptors (Lipinski definition) is 3. The molecule has 0 fully saturated rings. The third-order valence-electron chi connectivity index (χ3n) is 3.42. The zero-order chi connectivity index (χ0) is 16.9. The van der Waals surface area contributed by atoms with Crippen molar-refractivity contribution in [2.24, 2.45) is 0 Å². The van der Waals surface area contributed by atoms with Gasteiger partial charge in [0.05, 0.1) is 0 Å². The second kappa shape index (κ2) is 7.05. The molecule has 3 nitrogen and oxygen atoms in total. The highest BCUT2D eigenvalue weighted by atomic mass is 16.5. The van der Waals surface area contributed by atoms with E-state index in [1.54, 1.807) is 30.3 Å². The number of esters is 1. The molecule has 2 aromatic rings. The van der Waals surface area contributed by atoms with Gasteiger partial charge in [0.2, 0.25) is 0 Å². The Labute approximate surface area is 136 Å². The topological polar surface area (TPSA) is 43.4 Å². The first kappa shape index (κ1) is 16.7. The number of aldehydes is 1. The van der Waals surface area contributed by atoms with Crippen molar-refractivity contribution in [2.75, 3.05) is 0 Å². The van der Waals surface area contributed by atoms with Crippen LogP contribution in [0.25, 0.3) is 6.08 Å². The van der Waals surface area contributed by atoms with Gasteiger partial charge in [0.1, 0.15) is 12.0 Å². The van der Waals surface area contributed by atoms with Crippen LogP contribution in [0.5, 0.6) is 5.75 Å². The van der Waals surface area contributed by atoms with Crippen molar-refractivity contribution in [1.29, 1.82) is 0 Å². The Hall–Kier alpha value is -2.68. The van der Waals surface area contributed by atoms with Crippen LogP contribution in [-0.4, -0.2) is 12.3 Å². The minimum atomic E-state index is -0.455. The second-order valence-corrected chi connectivity index (χ2v) is 6.31. The normalized spacial score (nSPS) is 11.4. The van der Waals surface area contributed by atoms with Gasteiger partial charge in [0.15, 0.2) is 0 Å². The molecule has 0 aliphatic carbocycles. The van der Waals surface area contributed by atoms with E-state index in [0.717, 1.165) is 11.8 Å². The van der Waals surface area contributed by atoms with Crippen molar-refractivity contribution in [3.05, 3.63) is 71.3 Å².